The molecular weight excluding hydrogens is 398 g/mol. The number of rotatable bonds is 7. The molecule has 0 spiro atoms. The quantitative estimate of drug-likeness (QED) is 0.461. The van der Waals surface area contributed by atoms with Crippen molar-refractivity contribution >= 4 is 28.4 Å². The second-order valence-corrected chi connectivity index (χ2v) is 7.99. The molecule has 3 aromatic carbocycles. The van der Waals surface area contributed by atoms with Crippen LogP contribution < -0.4 is 10.2 Å². The Hall–Kier alpha value is -3.86. The molecule has 1 atom stereocenters. The molecule has 1 aromatic heterocycles. The van der Waals surface area contributed by atoms with E-state index in [-0.39, 0.29) is 18.2 Å². The van der Waals surface area contributed by atoms with Crippen molar-refractivity contribution in [3.8, 4) is 0 Å². The molecular formula is C27H27N3O2. The third kappa shape index (κ3) is 4.72. The van der Waals surface area contributed by atoms with Crippen molar-refractivity contribution in [2.75, 3.05) is 11.9 Å². The highest BCUT2D eigenvalue weighted by Crippen LogP contribution is 2.22. The number of hydrogen-bond donors (Lipinski definition) is 2. The van der Waals surface area contributed by atoms with Gasteiger partial charge in [-0.1, -0.05) is 66.7 Å². The van der Waals surface area contributed by atoms with Gasteiger partial charge in [-0.15, -0.1) is 0 Å². The summed E-state index contributed by atoms with van der Waals surface area (Å²) in [6, 6.07) is 26.5. The predicted molar refractivity (Wildman–Crippen MR) is 129 cm³/mol. The van der Waals surface area contributed by atoms with Gasteiger partial charge in [0.05, 0.1) is 6.42 Å². The number of carbonyl (C=O) groups excluding carboxylic acids is 2. The van der Waals surface area contributed by atoms with Gasteiger partial charge in [-0.2, -0.15) is 0 Å². The molecule has 4 aromatic rings. The van der Waals surface area contributed by atoms with Crippen LogP contribution in [0.5, 0.6) is 0 Å². The Bertz CT molecular complexity index is 1220. The summed E-state index contributed by atoms with van der Waals surface area (Å²) in [5, 5.41) is 4.04. The first-order valence-corrected chi connectivity index (χ1v) is 10.7. The number of amides is 2. The van der Waals surface area contributed by atoms with Crippen LogP contribution >= 0.6 is 0 Å². The summed E-state index contributed by atoms with van der Waals surface area (Å²) in [5.41, 5.74) is 4.72. The number of benzene rings is 3. The minimum absolute atomic E-state index is 0.149. The van der Waals surface area contributed by atoms with Crippen molar-refractivity contribution in [3.63, 3.8) is 0 Å². The van der Waals surface area contributed by atoms with E-state index < -0.39 is 6.04 Å². The molecule has 0 saturated heterocycles. The standard InChI is InChI=1S/C27H27N3O2/c1-19-23(22-15-9-10-16-24(22)28-19)18-26(31)29-25(17-20-11-5-3-6-12-20)27(32)30(2)21-13-7-4-8-14-21/h3-16,25,28H,17-18H2,1-2H3,(H,29,31). The van der Waals surface area contributed by atoms with E-state index in [0.717, 1.165) is 33.4 Å². The predicted octanol–water partition coefficient (Wildman–Crippen LogP) is 4.41. The van der Waals surface area contributed by atoms with E-state index >= 15 is 0 Å². The van der Waals surface area contributed by atoms with Gasteiger partial charge in [0.15, 0.2) is 0 Å². The number of anilines is 1. The molecule has 0 aliphatic rings. The number of H-pyrrole nitrogens is 1. The van der Waals surface area contributed by atoms with Crippen molar-refractivity contribution in [2.24, 2.45) is 0 Å². The lowest BCUT2D eigenvalue weighted by molar-refractivity contribution is -0.127. The normalized spacial score (nSPS) is 11.8. The lowest BCUT2D eigenvalue weighted by atomic mass is 10.0. The van der Waals surface area contributed by atoms with Crippen LogP contribution in [0.4, 0.5) is 5.69 Å². The van der Waals surface area contributed by atoms with E-state index in [1.165, 1.54) is 0 Å². The molecule has 2 N–H and O–H groups in total. The summed E-state index contributed by atoms with van der Waals surface area (Å²) in [6.07, 6.45) is 0.638. The Labute approximate surface area is 188 Å². The minimum Gasteiger partial charge on any atom is -0.358 e. The topological polar surface area (TPSA) is 65.2 Å². The molecule has 5 heteroatoms. The smallest absolute Gasteiger partial charge is 0.249 e. The highest BCUT2D eigenvalue weighted by atomic mass is 16.2. The SMILES string of the molecule is Cc1[nH]c2ccccc2c1CC(=O)NC(Cc1ccccc1)C(=O)N(C)c1ccccc1. The Kier molecular flexibility index (Phi) is 6.36. The lowest BCUT2D eigenvalue weighted by Crippen LogP contribution is -2.49. The van der Waals surface area contributed by atoms with Crippen molar-refractivity contribution in [1.29, 1.82) is 0 Å². The molecule has 0 aliphatic heterocycles. The van der Waals surface area contributed by atoms with Crippen LogP contribution in [0.25, 0.3) is 10.9 Å². The number of nitrogens with zero attached hydrogens (tertiary/aromatic N) is 1. The average Bonchev–Trinajstić information content (AvgIpc) is 3.13. The van der Waals surface area contributed by atoms with E-state index in [1.54, 1.807) is 11.9 Å². The van der Waals surface area contributed by atoms with E-state index in [4.69, 9.17) is 0 Å². The van der Waals surface area contributed by atoms with Gasteiger partial charge in [0.25, 0.3) is 0 Å². The van der Waals surface area contributed by atoms with E-state index in [2.05, 4.69) is 10.3 Å². The highest BCUT2D eigenvalue weighted by Gasteiger charge is 2.26. The van der Waals surface area contributed by atoms with Crippen LogP contribution in [0, 0.1) is 6.92 Å². The average molecular weight is 426 g/mol. The monoisotopic (exact) mass is 425 g/mol. The number of hydrogen-bond acceptors (Lipinski definition) is 2. The minimum atomic E-state index is -0.666. The van der Waals surface area contributed by atoms with Gasteiger partial charge < -0.3 is 15.2 Å². The fourth-order valence-electron chi connectivity index (χ4n) is 4.03. The molecule has 2 amide bonds. The van der Waals surface area contributed by atoms with Crippen LogP contribution in [0.1, 0.15) is 16.8 Å². The Morgan fingerprint density at radius 3 is 2.25 bits per heavy atom. The van der Waals surface area contributed by atoms with Gasteiger partial charge >= 0.3 is 0 Å². The number of aryl methyl sites for hydroxylation is 1. The number of likely N-dealkylation sites (N-methyl/N-ethyl adjacent to an activating group) is 1. The van der Waals surface area contributed by atoms with Crippen LogP contribution in [-0.4, -0.2) is 29.9 Å². The largest absolute Gasteiger partial charge is 0.358 e. The summed E-state index contributed by atoms with van der Waals surface area (Å²) in [4.78, 5) is 31.4. The van der Waals surface area contributed by atoms with Gasteiger partial charge in [0.2, 0.25) is 11.8 Å². The van der Waals surface area contributed by atoms with Crippen LogP contribution in [-0.2, 0) is 22.4 Å². The second kappa shape index (κ2) is 9.52. The van der Waals surface area contributed by atoms with Crippen LogP contribution in [0.15, 0.2) is 84.9 Å². The van der Waals surface area contributed by atoms with Gasteiger partial charge in [0.1, 0.15) is 6.04 Å². The molecule has 0 radical (unpaired) electrons. The Balaban J connectivity index is 1.56. The number of fused-ring (bicyclic) bond motifs is 1. The number of aromatic amines is 1. The van der Waals surface area contributed by atoms with Gasteiger partial charge in [-0.25, -0.2) is 0 Å². The summed E-state index contributed by atoms with van der Waals surface area (Å²) in [7, 11) is 1.74. The molecule has 0 saturated carbocycles. The Morgan fingerprint density at radius 2 is 1.53 bits per heavy atom. The Morgan fingerprint density at radius 1 is 0.906 bits per heavy atom. The maximum Gasteiger partial charge on any atom is 0.249 e. The molecule has 4 rings (SSSR count). The maximum atomic E-state index is 13.4. The van der Waals surface area contributed by atoms with Gasteiger partial charge in [0, 0.05) is 35.8 Å². The maximum absolute atomic E-state index is 13.4. The molecule has 5 nitrogen and oxygen atoms in total. The molecule has 162 valence electrons. The van der Waals surface area contributed by atoms with Crippen molar-refractivity contribution < 1.29 is 9.59 Å². The van der Waals surface area contributed by atoms with Crippen molar-refractivity contribution in [1.82, 2.24) is 10.3 Å². The molecule has 32 heavy (non-hydrogen) atoms. The molecule has 1 unspecified atom stereocenters. The fraction of sp³-hybridized carbons (Fsp3) is 0.185. The summed E-state index contributed by atoms with van der Waals surface area (Å²) < 4.78 is 0. The van der Waals surface area contributed by atoms with E-state index in [9.17, 15) is 9.59 Å². The zero-order valence-electron chi connectivity index (χ0n) is 18.3. The zero-order chi connectivity index (χ0) is 22.5. The second-order valence-electron chi connectivity index (χ2n) is 7.99. The summed E-state index contributed by atoms with van der Waals surface area (Å²) >= 11 is 0. The zero-order valence-corrected chi connectivity index (χ0v) is 18.3. The molecule has 0 bridgehead atoms. The fourth-order valence-corrected chi connectivity index (χ4v) is 4.03. The third-order valence-corrected chi connectivity index (χ3v) is 5.75. The van der Waals surface area contributed by atoms with E-state index in [0.29, 0.717) is 6.42 Å². The van der Waals surface area contributed by atoms with Crippen molar-refractivity contribution in [2.45, 2.75) is 25.8 Å². The van der Waals surface area contributed by atoms with Crippen LogP contribution in [0.3, 0.4) is 0 Å². The first-order valence-electron chi connectivity index (χ1n) is 10.7. The number of carbonyl (C=O) groups is 2. The molecule has 1 heterocycles. The molecule has 0 fully saturated rings. The number of aromatic nitrogens is 1. The molecule has 0 aliphatic carbocycles. The summed E-state index contributed by atoms with van der Waals surface area (Å²) in [6.45, 7) is 1.97. The van der Waals surface area contributed by atoms with Gasteiger partial charge in [-0.05, 0) is 36.2 Å². The first-order chi connectivity index (χ1) is 15.5. The number of nitrogens with one attached hydrogen (secondary N) is 2. The van der Waals surface area contributed by atoms with E-state index in [1.807, 2.05) is 91.9 Å². The lowest BCUT2D eigenvalue weighted by Gasteiger charge is -2.25. The summed E-state index contributed by atoms with van der Waals surface area (Å²) in [5.74, 6) is -0.322. The van der Waals surface area contributed by atoms with Crippen LogP contribution in [0.2, 0.25) is 0 Å². The van der Waals surface area contributed by atoms with Gasteiger partial charge in [-0.3, -0.25) is 9.59 Å². The van der Waals surface area contributed by atoms with Crippen molar-refractivity contribution in [3.05, 3.63) is 102 Å². The highest BCUT2D eigenvalue weighted by molar-refractivity contribution is 5.99. The first kappa shape index (κ1) is 21.4. The third-order valence-electron chi connectivity index (χ3n) is 5.75. The number of para-hydroxylation sites is 2.